The minimum atomic E-state index is -0.733. The van der Waals surface area contributed by atoms with Crippen LogP contribution in [0.1, 0.15) is 58.3 Å². The Morgan fingerprint density at radius 1 is 1.10 bits per heavy atom. The Hall–Kier alpha value is -2.63. The number of benzene rings is 1. The van der Waals surface area contributed by atoms with Crippen molar-refractivity contribution in [3.8, 4) is 0 Å². The van der Waals surface area contributed by atoms with Crippen LogP contribution in [-0.2, 0) is 4.79 Å². The van der Waals surface area contributed by atoms with Crippen molar-refractivity contribution in [2.75, 3.05) is 5.32 Å². The van der Waals surface area contributed by atoms with Crippen molar-refractivity contribution in [2.24, 2.45) is 28.8 Å². The maximum Gasteiger partial charge on any atom is 0.339 e. The number of unbranched alkanes of at least 4 members (excludes halogenated alkanes) is 1. The number of para-hydroxylation sites is 1. The molecule has 0 aromatic heterocycles. The number of carbonyl (C=O) groups is 2. The zero-order valence-corrected chi connectivity index (χ0v) is 17.7. The van der Waals surface area contributed by atoms with E-state index in [1.165, 1.54) is 25.7 Å². The molecule has 6 heteroatoms. The van der Waals surface area contributed by atoms with Gasteiger partial charge in [-0.2, -0.15) is 5.10 Å². The quantitative estimate of drug-likeness (QED) is 0.219. The van der Waals surface area contributed by atoms with Crippen LogP contribution in [0.3, 0.4) is 0 Å². The highest BCUT2D eigenvalue weighted by Gasteiger charge is 2.44. The lowest BCUT2D eigenvalue weighted by Crippen LogP contribution is -2.43. The normalized spacial score (nSPS) is 26.0. The smallest absolute Gasteiger partial charge is 0.339 e. The van der Waals surface area contributed by atoms with Gasteiger partial charge in [0.05, 0.1) is 0 Å². The van der Waals surface area contributed by atoms with Crippen molar-refractivity contribution < 1.29 is 14.7 Å². The van der Waals surface area contributed by atoms with E-state index in [4.69, 9.17) is 5.11 Å². The first kappa shape index (κ1) is 22.1. The number of rotatable bonds is 9. The molecule has 3 saturated carbocycles. The molecular formula is C24H33N3O3. The minimum Gasteiger partial charge on any atom is -0.481 e. The Balaban J connectivity index is 1.56. The van der Waals surface area contributed by atoms with Crippen molar-refractivity contribution >= 4 is 23.4 Å². The number of hydrazone groups is 1. The molecule has 0 heterocycles. The first-order chi connectivity index (χ1) is 14.5. The van der Waals surface area contributed by atoms with Gasteiger partial charge in [-0.25, -0.2) is 10.2 Å². The van der Waals surface area contributed by atoms with Crippen LogP contribution >= 0.6 is 0 Å². The van der Waals surface area contributed by atoms with E-state index in [-0.39, 0.29) is 12.5 Å². The number of urea groups is 1. The molecule has 0 saturated heterocycles. The summed E-state index contributed by atoms with van der Waals surface area (Å²) in [6, 6.07) is 9.02. The SMILES string of the molecule is CC(=NNC(=O)Nc1ccccc1)C1C2CCC(CC2)C1C/C=C\CCCC(=O)O. The number of fused-ring (bicyclic) bond motifs is 3. The summed E-state index contributed by atoms with van der Waals surface area (Å²) in [6.07, 6.45) is 12.1. The predicted octanol–water partition coefficient (Wildman–Crippen LogP) is 5.44. The van der Waals surface area contributed by atoms with E-state index >= 15 is 0 Å². The summed E-state index contributed by atoms with van der Waals surface area (Å²) in [4.78, 5) is 22.8. The van der Waals surface area contributed by atoms with Crippen molar-refractivity contribution in [3.63, 3.8) is 0 Å². The number of hydrogen-bond acceptors (Lipinski definition) is 3. The molecule has 1 aromatic carbocycles. The highest BCUT2D eigenvalue weighted by molar-refractivity contribution is 5.91. The fraction of sp³-hybridized carbons (Fsp3) is 0.542. The standard InChI is InChI=1S/C24H33N3O3/c1-17(26-27-24(30)25-20-9-5-4-6-10-20)23-19-15-13-18(14-16-19)21(23)11-7-2-3-8-12-22(28)29/h2,4-7,9-10,18-19,21,23H,3,8,11-16H2,1H3,(H,28,29)(H2,25,27,30)/b7-2-,26-17?. The summed E-state index contributed by atoms with van der Waals surface area (Å²) >= 11 is 0. The average molecular weight is 412 g/mol. The number of allylic oxidation sites excluding steroid dienone is 2. The van der Waals surface area contributed by atoms with Crippen molar-refractivity contribution in [3.05, 3.63) is 42.5 Å². The summed E-state index contributed by atoms with van der Waals surface area (Å²) in [5, 5.41) is 16.0. The van der Waals surface area contributed by atoms with E-state index < -0.39 is 5.97 Å². The fourth-order valence-corrected chi connectivity index (χ4v) is 5.20. The van der Waals surface area contributed by atoms with E-state index in [0.29, 0.717) is 30.1 Å². The highest BCUT2D eigenvalue weighted by atomic mass is 16.4. The van der Waals surface area contributed by atoms with Crippen LogP contribution in [0.15, 0.2) is 47.6 Å². The molecule has 0 spiro atoms. The summed E-state index contributed by atoms with van der Waals surface area (Å²) < 4.78 is 0. The molecule has 30 heavy (non-hydrogen) atoms. The second kappa shape index (κ2) is 11.0. The number of carboxylic acids is 1. The molecule has 162 valence electrons. The van der Waals surface area contributed by atoms with E-state index in [9.17, 15) is 9.59 Å². The van der Waals surface area contributed by atoms with Crippen LogP contribution in [0.4, 0.5) is 10.5 Å². The van der Waals surface area contributed by atoms with Crippen molar-refractivity contribution in [2.45, 2.75) is 58.3 Å². The largest absolute Gasteiger partial charge is 0.481 e. The molecule has 2 amide bonds. The number of nitrogens with one attached hydrogen (secondary N) is 2. The molecule has 2 unspecified atom stereocenters. The van der Waals surface area contributed by atoms with Gasteiger partial charge in [0.25, 0.3) is 0 Å². The Morgan fingerprint density at radius 2 is 1.80 bits per heavy atom. The van der Waals surface area contributed by atoms with Gasteiger partial charge in [-0.1, -0.05) is 30.4 Å². The lowest BCUT2D eigenvalue weighted by Gasteiger charge is -2.48. The molecule has 0 aliphatic heterocycles. The van der Waals surface area contributed by atoms with Gasteiger partial charge in [-0.15, -0.1) is 0 Å². The molecule has 3 N–H and O–H groups in total. The predicted molar refractivity (Wildman–Crippen MR) is 119 cm³/mol. The van der Waals surface area contributed by atoms with Crippen LogP contribution in [0.25, 0.3) is 0 Å². The van der Waals surface area contributed by atoms with Crippen molar-refractivity contribution in [1.29, 1.82) is 0 Å². The van der Waals surface area contributed by atoms with E-state index in [1.807, 2.05) is 37.3 Å². The third kappa shape index (κ3) is 6.18. The van der Waals surface area contributed by atoms with Crippen LogP contribution in [0.2, 0.25) is 0 Å². The van der Waals surface area contributed by atoms with E-state index in [0.717, 1.165) is 24.2 Å². The Bertz CT molecular complexity index is 767. The van der Waals surface area contributed by atoms with Gasteiger partial charge >= 0.3 is 12.0 Å². The first-order valence-corrected chi connectivity index (χ1v) is 11.1. The Kier molecular flexibility index (Phi) is 8.05. The van der Waals surface area contributed by atoms with Crippen molar-refractivity contribution in [1.82, 2.24) is 5.43 Å². The van der Waals surface area contributed by atoms with Crippen LogP contribution in [0.5, 0.6) is 0 Å². The number of nitrogens with zero attached hydrogens (tertiary/aromatic N) is 1. The molecular weight excluding hydrogens is 378 g/mol. The summed E-state index contributed by atoms with van der Waals surface area (Å²) in [7, 11) is 0. The summed E-state index contributed by atoms with van der Waals surface area (Å²) in [5.41, 5.74) is 4.42. The van der Waals surface area contributed by atoms with Crippen LogP contribution in [-0.4, -0.2) is 22.8 Å². The summed E-state index contributed by atoms with van der Waals surface area (Å²) in [6.45, 7) is 2.04. The maximum absolute atomic E-state index is 12.2. The number of carboxylic acid groups (broad SMARTS) is 1. The van der Waals surface area contributed by atoms with Gasteiger partial charge in [-0.3, -0.25) is 4.79 Å². The van der Waals surface area contributed by atoms with E-state index in [1.54, 1.807) is 0 Å². The number of hydrogen-bond donors (Lipinski definition) is 3. The zero-order chi connectivity index (χ0) is 21.3. The third-order valence-electron chi connectivity index (χ3n) is 6.58. The lowest BCUT2D eigenvalue weighted by molar-refractivity contribution is -0.137. The second-order valence-electron chi connectivity index (χ2n) is 8.54. The second-order valence-corrected chi connectivity index (χ2v) is 8.54. The molecule has 4 rings (SSSR count). The Morgan fingerprint density at radius 3 is 2.50 bits per heavy atom. The molecule has 3 aliphatic carbocycles. The molecule has 3 aliphatic rings. The number of carbonyl (C=O) groups excluding carboxylic acids is 1. The fourth-order valence-electron chi connectivity index (χ4n) is 5.20. The third-order valence-corrected chi connectivity index (χ3v) is 6.58. The molecule has 0 radical (unpaired) electrons. The van der Waals surface area contributed by atoms with Crippen LogP contribution < -0.4 is 10.7 Å². The highest BCUT2D eigenvalue weighted by Crippen LogP contribution is 2.50. The monoisotopic (exact) mass is 411 g/mol. The summed E-state index contributed by atoms with van der Waals surface area (Å²) in [5.74, 6) is 1.58. The van der Waals surface area contributed by atoms with Gasteiger partial charge in [0.15, 0.2) is 0 Å². The zero-order valence-electron chi connectivity index (χ0n) is 17.7. The Labute approximate surface area is 178 Å². The average Bonchev–Trinajstić information content (AvgIpc) is 2.75. The molecule has 1 aromatic rings. The van der Waals surface area contributed by atoms with Gasteiger partial charge in [0, 0.05) is 23.7 Å². The molecule has 3 fully saturated rings. The van der Waals surface area contributed by atoms with Gasteiger partial charge in [0.1, 0.15) is 0 Å². The number of anilines is 1. The lowest BCUT2D eigenvalue weighted by atomic mass is 9.56. The topological polar surface area (TPSA) is 90.8 Å². The first-order valence-electron chi connectivity index (χ1n) is 11.1. The minimum absolute atomic E-state index is 0.226. The number of aliphatic carboxylic acids is 1. The maximum atomic E-state index is 12.2. The number of amides is 2. The van der Waals surface area contributed by atoms with Gasteiger partial charge in [-0.05, 0) is 81.8 Å². The van der Waals surface area contributed by atoms with Gasteiger partial charge < -0.3 is 10.4 Å². The molecule has 2 bridgehead atoms. The molecule has 6 nitrogen and oxygen atoms in total. The van der Waals surface area contributed by atoms with E-state index in [2.05, 4.69) is 28.0 Å². The van der Waals surface area contributed by atoms with Crippen LogP contribution in [0, 0.1) is 23.7 Å². The molecule has 2 atom stereocenters. The van der Waals surface area contributed by atoms with Gasteiger partial charge in [0.2, 0.25) is 0 Å².